The summed E-state index contributed by atoms with van der Waals surface area (Å²) in [5.41, 5.74) is -0.371. The van der Waals surface area contributed by atoms with Gasteiger partial charge in [0, 0.05) is 17.8 Å². The number of aliphatic hydroxyl groups excluding tert-OH is 5. The summed E-state index contributed by atoms with van der Waals surface area (Å²) in [5, 5.41) is 50.4. The summed E-state index contributed by atoms with van der Waals surface area (Å²) in [6.07, 6.45) is -2.76. The number of fused-ring (bicyclic) bond motifs is 3. The van der Waals surface area contributed by atoms with Crippen LogP contribution >= 0.6 is 0 Å². The van der Waals surface area contributed by atoms with Crippen molar-refractivity contribution in [2.75, 3.05) is 13.2 Å². The smallest absolute Gasteiger partial charge is 0.309 e. The molecule has 9 nitrogen and oxygen atoms in total. The van der Waals surface area contributed by atoms with Crippen LogP contribution in [0.2, 0.25) is 0 Å². The van der Waals surface area contributed by atoms with E-state index in [1.165, 1.54) is 0 Å². The number of esters is 1. The first-order valence-corrected chi connectivity index (χ1v) is 10.4. The van der Waals surface area contributed by atoms with Gasteiger partial charge in [0.15, 0.2) is 6.29 Å². The van der Waals surface area contributed by atoms with Crippen molar-refractivity contribution < 1.29 is 44.5 Å². The van der Waals surface area contributed by atoms with E-state index in [2.05, 4.69) is 6.58 Å². The zero-order valence-corrected chi connectivity index (χ0v) is 16.8. The van der Waals surface area contributed by atoms with Crippen molar-refractivity contribution >= 4 is 5.97 Å². The van der Waals surface area contributed by atoms with Crippen LogP contribution in [-0.2, 0) is 19.0 Å². The van der Waals surface area contributed by atoms with Gasteiger partial charge in [-0.3, -0.25) is 4.79 Å². The molecule has 0 amide bonds. The van der Waals surface area contributed by atoms with Gasteiger partial charge in [-0.1, -0.05) is 31.2 Å². The Balaban J connectivity index is 1.68. The maximum Gasteiger partial charge on any atom is 0.309 e. The minimum Gasteiger partial charge on any atom is -0.461 e. The van der Waals surface area contributed by atoms with Crippen LogP contribution in [0.4, 0.5) is 0 Å². The number of aliphatic hydroxyl groups is 5. The fourth-order valence-corrected chi connectivity index (χ4v) is 5.44. The first-order chi connectivity index (χ1) is 14.2. The van der Waals surface area contributed by atoms with Gasteiger partial charge in [0.25, 0.3) is 0 Å². The molecule has 2 aliphatic heterocycles. The van der Waals surface area contributed by atoms with E-state index in [-0.39, 0.29) is 29.6 Å². The third kappa shape index (κ3) is 3.24. The summed E-state index contributed by atoms with van der Waals surface area (Å²) >= 11 is 0. The third-order valence-corrected chi connectivity index (χ3v) is 7.28. The lowest BCUT2D eigenvalue weighted by Gasteiger charge is -2.45. The number of ether oxygens (including phenoxy) is 3. The third-order valence-electron chi connectivity index (χ3n) is 7.28. The van der Waals surface area contributed by atoms with Crippen LogP contribution in [0.25, 0.3) is 0 Å². The van der Waals surface area contributed by atoms with Crippen molar-refractivity contribution in [1.29, 1.82) is 0 Å². The first kappa shape index (κ1) is 21.9. The van der Waals surface area contributed by atoms with Gasteiger partial charge in [0.2, 0.25) is 0 Å². The molecule has 11 atom stereocenters. The highest BCUT2D eigenvalue weighted by molar-refractivity contribution is 5.75. The number of hydrogen-bond donors (Lipinski definition) is 5. The van der Waals surface area contributed by atoms with E-state index in [9.17, 15) is 30.3 Å². The second kappa shape index (κ2) is 7.98. The van der Waals surface area contributed by atoms with Gasteiger partial charge < -0.3 is 39.7 Å². The number of carbonyl (C=O) groups excluding carboxylic acids is 1. The molecule has 1 saturated carbocycles. The van der Waals surface area contributed by atoms with Crippen molar-refractivity contribution in [2.24, 2.45) is 23.7 Å². The standard InChI is InChI=1S/C21H30O9/c1-9-3-4-12-14(9)18-11(10(2)19(27)29-18)5-6-21(12,8-23)30-20-17(26)16(25)15(24)13(7-22)28-20/h5-6,10-18,20,22-26H,1,3-4,7-8H2,2H3/t10-,11-,12+,13+,14-,15+,16-,17-,18-,20-,21+/m0/s1. The average Bonchev–Trinajstić information content (AvgIpc) is 3.21. The molecule has 0 aromatic rings. The number of hydrogen-bond acceptors (Lipinski definition) is 9. The minimum atomic E-state index is -1.58. The summed E-state index contributed by atoms with van der Waals surface area (Å²) < 4.78 is 17.3. The fraction of sp³-hybridized carbons (Fsp3) is 0.762. The zero-order valence-electron chi connectivity index (χ0n) is 16.8. The van der Waals surface area contributed by atoms with Crippen LogP contribution < -0.4 is 0 Å². The second-order valence-electron chi connectivity index (χ2n) is 8.88. The van der Waals surface area contributed by atoms with E-state index in [4.69, 9.17) is 14.2 Å². The summed E-state index contributed by atoms with van der Waals surface area (Å²) in [6, 6.07) is 0. The molecule has 30 heavy (non-hydrogen) atoms. The second-order valence-corrected chi connectivity index (χ2v) is 8.88. The number of carbonyl (C=O) groups is 1. The molecule has 0 bridgehead atoms. The molecule has 4 rings (SSSR count). The molecule has 0 aromatic heterocycles. The van der Waals surface area contributed by atoms with Crippen LogP contribution in [-0.4, -0.2) is 87.1 Å². The Morgan fingerprint density at radius 3 is 2.63 bits per heavy atom. The van der Waals surface area contributed by atoms with Crippen molar-refractivity contribution in [3.05, 3.63) is 24.3 Å². The SMILES string of the molecule is C=C1CC[C@@H]2[C@H]1[C@H]1OC(=O)[C@@H](C)[C@@H]1C=C[C@]2(CO)O[C@@H]1O[C@H](CO)[C@@H](O)[C@H](O)[C@@H]1O. The molecule has 0 radical (unpaired) electrons. The van der Waals surface area contributed by atoms with Crippen LogP contribution in [0.5, 0.6) is 0 Å². The monoisotopic (exact) mass is 426 g/mol. The van der Waals surface area contributed by atoms with Gasteiger partial charge in [-0.05, 0) is 12.8 Å². The lowest BCUT2D eigenvalue weighted by molar-refractivity contribution is -0.330. The molecular weight excluding hydrogens is 396 g/mol. The van der Waals surface area contributed by atoms with E-state index in [1.807, 2.05) is 6.08 Å². The lowest BCUT2D eigenvalue weighted by Crippen LogP contribution is -2.62. The van der Waals surface area contributed by atoms with Gasteiger partial charge in [-0.2, -0.15) is 0 Å². The van der Waals surface area contributed by atoms with E-state index in [0.29, 0.717) is 12.8 Å². The molecule has 2 aliphatic carbocycles. The molecule has 2 heterocycles. The van der Waals surface area contributed by atoms with Crippen molar-refractivity contribution in [3.8, 4) is 0 Å². The van der Waals surface area contributed by atoms with Crippen LogP contribution in [0.1, 0.15) is 19.8 Å². The highest BCUT2D eigenvalue weighted by Crippen LogP contribution is 2.53. The predicted octanol–water partition coefficient (Wildman–Crippen LogP) is -1.14. The van der Waals surface area contributed by atoms with E-state index in [1.54, 1.807) is 13.0 Å². The van der Waals surface area contributed by atoms with Gasteiger partial charge in [-0.25, -0.2) is 0 Å². The zero-order chi connectivity index (χ0) is 21.8. The average molecular weight is 426 g/mol. The van der Waals surface area contributed by atoms with Crippen molar-refractivity contribution in [2.45, 2.75) is 62.2 Å². The summed E-state index contributed by atoms with van der Waals surface area (Å²) in [6.45, 7) is 4.94. The summed E-state index contributed by atoms with van der Waals surface area (Å²) in [4.78, 5) is 12.2. The van der Waals surface area contributed by atoms with E-state index >= 15 is 0 Å². The molecule has 3 fully saturated rings. The van der Waals surface area contributed by atoms with Crippen LogP contribution in [0, 0.1) is 23.7 Å². The Morgan fingerprint density at radius 2 is 1.97 bits per heavy atom. The topological polar surface area (TPSA) is 146 Å². The number of rotatable bonds is 4. The predicted molar refractivity (Wildman–Crippen MR) is 102 cm³/mol. The Labute approximate surface area is 174 Å². The maximum absolute atomic E-state index is 12.2. The maximum atomic E-state index is 12.2. The summed E-state index contributed by atoms with van der Waals surface area (Å²) in [5.74, 6) is -1.35. The molecule has 0 aromatic carbocycles. The minimum absolute atomic E-state index is 0.202. The Bertz CT molecular complexity index is 721. The molecule has 168 valence electrons. The Kier molecular flexibility index (Phi) is 5.82. The van der Waals surface area contributed by atoms with Crippen LogP contribution in [0.15, 0.2) is 24.3 Å². The normalized spacial score (nSPS) is 50.7. The molecular formula is C21H30O9. The fourth-order valence-electron chi connectivity index (χ4n) is 5.44. The van der Waals surface area contributed by atoms with Crippen molar-refractivity contribution in [1.82, 2.24) is 0 Å². The highest BCUT2D eigenvalue weighted by Gasteiger charge is 2.58. The van der Waals surface area contributed by atoms with E-state index in [0.717, 1.165) is 5.57 Å². The molecule has 2 saturated heterocycles. The summed E-state index contributed by atoms with van der Waals surface area (Å²) in [7, 11) is 0. The van der Waals surface area contributed by atoms with Gasteiger partial charge in [0.1, 0.15) is 36.1 Å². The Hall–Kier alpha value is -1.33. The van der Waals surface area contributed by atoms with Gasteiger partial charge in [0.05, 0.1) is 19.1 Å². The molecule has 4 aliphatic rings. The molecule has 9 heteroatoms. The van der Waals surface area contributed by atoms with Gasteiger partial charge in [-0.15, -0.1) is 0 Å². The quantitative estimate of drug-likeness (QED) is 0.278. The molecule has 5 N–H and O–H groups in total. The molecule has 0 spiro atoms. The highest BCUT2D eigenvalue weighted by atomic mass is 16.7. The van der Waals surface area contributed by atoms with Crippen molar-refractivity contribution in [3.63, 3.8) is 0 Å². The first-order valence-electron chi connectivity index (χ1n) is 10.4. The van der Waals surface area contributed by atoms with Crippen LogP contribution in [0.3, 0.4) is 0 Å². The lowest BCUT2D eigenvalue weighted by atomic mass is 9.76. The largest absolute Gasteiger partial charge is 0.461 e. The van der Waals surface area contributed by atoms with E-state index < -0.39 is 55.6 Å². The molecule has 0 unspecified atom stereocenters. The van der Waals surface area contributed by atoms with Gasteiger partial charge >= 0.3 is 5.97 Å². The Morgan fingerprint density at radius 1 is 1.23 bits per heavy atom.